The van der Waals surface area contributed by atoms with Crippen LogP contribution in [0.25, 0.3) is 0 Å². The molecular formula is C23H24N2O5S. The molecule has 0 aromatic heterocycles. The van der Waals surface area contributed by atoms with Gasteiger partial charge in [0, 0.05) is 11.6 Å². The number of amides is 1. The fourth-order valence-electron chi connectivity index (χ4n) is 2.89. The van der Waals surface area contributed by atoms with Crippen LogP contribution >= 0.6 is 0 Å². The Labute approximate surface area is 182 Å². The van der Waals surface area contributed by atoms with Crippen LogP contribution in [-0.4, -0.2) is 28.5 Å². The molecule has 162 valence electrons. The number of aryl methyl sites for hydroxylation is 2. The second kappa shape index (κ2) is 9.09. The van der Waals surface area contributed by atoms with Gasteiger partial charge in [0.25, 0.3) is 15.9 Å². The van der Waals surface area contributed by atoms with Crippen LogP contribution in [0.1, 0.15) is 21.5 Å². The van der Waals surface area contributed by atoms with E-state index >= 15 is 0 Å². The average molecular weight is 441 g/mol. The van der Waals surface area contributed by atoms with Gasteiger partial charge in [0.05, 0.1) is 30.5 Å². The molecule has 2 N–H and O–H groups in total. The summed E-state index contributed by atoms with van der Waals surface area (Å²) >= 11 is 0. The van der Waals surface area contributed by atoms with Crippen molar-refractivity contribution in [1.29, 1.82) is 0 Å². The number of hydrogen-bond donors (Lipinski definition) is 2. The van der Waals surface area contributed by atoms with E-state index in [0.29, 0.717) is 34.0 Å². The van der Waals surface area contributed by atoms with E-state index in [1.165, 1.54) is 13.2 Å². The zero-order valence-electron chi connectivity index (χ0n) is 17.7. The van der Waals surface area contributed by atoms with Crippen LogP contribution in [0.3, 0.4) is 0 Å². The Morgan fingerprint density at radius 2 is 1.55 bits per heavy atom. The summed E-state index contributed by atoms with van der Waals surface area (Å²) in [4.78, 5) is 12.9. The molecule has 0 saturated heterocycles. The van der Waals surface area contributed by atoms with E-state index in [4.69, 9.17) is 9.47 Å². The summed E-state index contributed by atoms with van der Waals surface area (Å²) < 4.78 is 38.5. The molecule has 0 bridgehead atoms. The predicted molar refractivity (Wildman–Crippen MR) is 121 cm³/mol. The summed E-state index contributed by atoms with van der Waals surface area (Å²) in [5.74, 6) is 0.636. The predicted octanol–water partition coefficient (Wildman–Crippen LogP) is 4.37. The molecule has 0 fully saturated rings. The second-order valence-corrected chi connectivity index (χ2v) is 8.65. The highest BCUT2D eigenvalue weighted by atomic mass is 32.2. The Balaban J connectivity index is 1.85. The minimum Gasteiger partial charge on any atom is -0.497 e. The number of benzene rings is 3. The molecule has 8 heteroatoms. The van der Waals surface area contributed by atoms with Gasteiger partial charge in [-0.2, -0.15) is 0 Å². The van der Waals surface area contributed by atoms with E-state index < -0.39 is 15.9 Å². The van der Waals surface area contributed by atoms with Crippen molar-refractivity contribution in [3.63, 3.8) is 0 Å². The SMILES string of the molecule is COc1ccc(NC(=O)c2ccc(C)c(NS(=O)(=O)c3ccc(C)cc3)c2)c(OC)c1. The molecule has 0 aliphatic carbocycles. The third-order valence-electron chi connectivity index (χ3n) is 4.73. The molecule has 0 heterocycles. The summed E-state index contributed by atoms with van der Waals surface area (Å²) in [6.07, 6.45) is 0. The van der Waals surface area contributed by atoms with E-state index in [1.54, 1.807) is 68.6 Å². The van der Waals surface area contributed by atoms with Crippen molar-refractivity contribution in [2.24, 2.45) is 0 Å². The van der Waals surface area contributed by atoms with Crippen LogP contribution < -0.4 is 19.5 Å². The number of nitrogens with one attached hydrogen (secondary N) is 2. The maximum atomic E-state index is 12.8. The molecule has 0 radical (unpaired) electrons. The molecule has 0 spiro atoms. The molecule has 3 rings (SSSR count). The lowest BCUT2D eigenvalue weighted by Gasteiger charge is -2.14. The normalized spacial score (nSPS) is 11.0. The lowest BCUT2D eigenvalue weighted by molar-refractivity contribution is 0.102. The van der Waals surface area contributed by atoms with Gasteiger partial charge in [0.15, 0.2) is 0 Å². The van der Waals surface area contributed by atoms with Crippen molar-refractivity contribution in [2.45, 2.75) is 18.7 Å². The molecule has 1 amide bonds. The standard InChI is InChI=1S/C23H24N2O5S/c1-15-5-10-19(11-6-15)31(27,28)25-21-13-17(8-7-16(21)2)23(26)24-20-12-9-18(29-3)14-22(20)30-4/h5-14,25H,1-4H3,(H,24,26). The molecule has 3 aromatic rings. The summed E-state index contributed by atoms with van der Waals surface area (Å²) in [5.41, 5.74) is 2.74. The summed E-state index contributed by atoms with van der Waals surface area (Å²) in [6, 6.07) is 16.4. The Hall–Kier alpha value is -3.52. The minimum atomic E-state index is -3.79. The van der Waals surface area contributed by atoms with Crippen LogP contribution in [0.2, 0.25) is 0 Å². The number of anilines is 2. The van der Waals surface area contributed by atoms with Crippen LogP contribution in [0.4, 0.5) is 11.4 Å². The lowest BCUT2D eigenvalue weighted by atomic mass is 10.1. The van der Waals surface area contributed by atoms with Gasteiger partial charge in [-0.05, 0) is 55.8 Å². The van der Waals surface area contributed by atoms with Crippen molar-refractivity contribution in [1.82, 2.24) is 0 Å². The van der Waals surface area contributed by atoms with Gasteiger partial charge >= 0.3 is 0 Å². The van der Waals surface area contributed by atoms with Crippen molar-refractivity contribution in [2.75, 3.05) is 24.3 Å². The second-order valence-electron chi connectivity index (χ2n) is 6.97. The van der Waals surface area contributed by atoms with Gasteiger partial charge < -0.3 is 14.8 Å². The maximum absolute atomic E-state index is 12.8. The molecule has 0 atom stereocenters. The maximum Gasteiger partial charge on any atom is 0.261 e. The minimum absolute atomic E-state index is 0.148. The summed E-state index contributed by atoms with van der Waals surface area (Å²) in [6.45, 7) is 3.65. The summed E-state index contributed by atoms with van der Waals surface area (Å²) in [5, 5.41) is 2.78. The Kier molecular flexibility index (Phi) is 6.50. The zero-order valence-corrected chi connectivity index (χ0v) is 18.5. The first kappa shape index (κ1) is 22.2. The fourth-order valence-corrected chi connectivity index (χ4v) is 4.01. The van der Waals surface area contributed by atoms with E-state index in [1.807, 2.05) is 6.92 Å². The number of carbonyl (C=O) groups is 1. The lowest BCUT2D eigenvalue weighted by Crippen LogP contribution is -2.16. The van der Waals surface area contributed by atoms with E-state index in [9.17, 15) is 13.2 Å². The molecular weight excluding hydrogens is 416 g/mol. The molecule has 3 aromatic carbocycles. The van der Waals surface area contributed by atoms with Crippen molar-refractivity contribution in [3.05, 3.63) is 77.4 Å². The number of sulfonamides is 1. The summed E-state index contributed by atoms with van der Waals surface area (Å²) in [7, 11) is -0.753. The Morgan fingerprint density at radius 3 is 2.19 bits per heavy atom. The zero-order chi connectivity index (χ0) is 22.6. The van der Waals surface area contributed by atoms with Gasteiger partial charge in [-0.3, -0.25) is 9.52 Å². The molecule has 31 heavy (non-hydrogen) atoms. The van der Waals surface area contributed by atoms with E-state index in [-0.39, 0.29) is 4.90 Å². The Bertz CT molecular complexity index is 1210. The number of hydrogen-bond acceptors (Lipinski definition) is 5. The highest BCUT2D eigenvalue weighted by Gasteiger charge is 2.17. The number of rotatable bonds is 7. The molecule has 0 unspecified atom stereocenters. The quantitative estimate of drug-likeness (QED) is 0.569. The van der Waals surface area contributed by atoms with E-state index in [0.717, 1.165) is 5.56 Å². The first-order valence-corrected chi connectivity index (χ1v) is 11.0. The van der Waals surface area contributed by atoms with Crippen LogP contribution in [-0.2, 0) is 10.0 Å². The van der Waals surface area contributed by atoms with Gasteiger partial charge in [0.2, 0.25) is 0 Å². The highest BCUT2D eigenvalue weighted by molar-refractivity contribution is 7.92. The van der Waals surface area contributed by atoms with Crippen LogP contribution in [0.5, 0.6) is 11.5 Å². The first-order chi connectivity index (χ1) is 14.7. The third-order valence-corrected chi connectivity index (χ3v) is 6.11. The monoisotopic (exact) mass is 440 g/mol. The fraction of sp³-hybridized carbons (Fsp3) is 0.174. The molecule has 0 aliphatic rings. The van der Waals surface area contributed by atoms with Crippen LogP contribution in [0, 0.1) is 13.8 Å². The molecule has 7 nitrogen and oxygen atoms in total. The van der Waals surface area contributed by atoms with E-state index in [2.05, 4.69) is 10.0 Å². The highest BCUT2D eigenvalue weighted by Crippen LogP contribution is 2.30. The smallest absolute Gasteiger partial charge is 0.261 e. The number of carbonyl (C=O) groups excluding carboxylic acids is 1. The average Bonchev–Trinajstić information content (AvgIpc) is 2.75. The largest absolute Gasteiger partial charge is 0.497 e. The van der Waals surface area contributed by atoms with Gasteiger partial charge in [-0.1, -0.05) is 23.8 Å². The van der Waals surface area contributed by atoms with Gasteiger partial charge in [-0.25, -0.2) is 8.42 Å². The first-order valence-electron chi connectivity index (χ1n) is 9.47. The number of ether oxygens (including phenoxy) is 2. The van der Waals surface area contributed by atoms with Gasteiger partial charge in [0.1, 0.15) is 11.5 Å². The Morgan fingerprint density at radius 1 is 0.839 bits per heavy atom. The van der Waals surface area contributed by atoms with Crippen molar-refractivity contribution < 1.29 is 22.7 Å². The van der Waals surface area contributed by atoms with Crippen LogP contribution in [0.15, 0.2) is 65.6 Å². The van der Waals surface area contributed by atoms with Crippen molar-refractivity contribution >= 4 is 27.3 Å². The van der Waals surface area contributed by atoms with Crippen molar-refractivity contribution in [3.8, 4) is 11.5 Å². The topological polar surface area (TPSA) is 93.7 Å². The third kappa shape index (κ3) is 5.16. The molecule has 0 aliphatic heterocycles. The number of methoxy groups -OCH3 is 2. The molecule has 0 saturated carbocycles. The van der Waals surface area contributed by atoms with Gasteiger partial charge in [-0.15, -0.1) is 0 Å².